The molecule has 20 heavy (non-hydrogen) atoms. The molecule has 2 nitrogen and oxygen atoms in total. The number of aryl methyl sites for hydroxylation is 2. The smallest absolute Gasteiger partial charge is 0.288 e. The Balaban J connectivity index is 1.97. The minimum atomic E-state index is -0.538. The van der Waals surface area contributed by atoms with Crippen LogP contribution in [0.4, 0.5) is 0 Å². The molecule has 0 amide bonds. The Morgan fingerprint density at radius 2 is 1.65 bits per heavy atom. The topological polar surface area (TPSA) is 30.2 Å². The predicted octanol–water partition coefficient (Wildman–Crippen LogP) is 4.60. The third kappa shape index (κ3) is 2.47. The van der Waals surface area contributed by atoms with E-state index in [9.17, 15) is 4.79 Å². The summed E-state index contributed by atoms with van der Waals surface area (Å²) in [7, 11) is 0. The highest BCUT2D eigenvalue weighted by molar-refractivity contribution is 6.67. The lowest BCUT2D eigenvalue weighted by atomic mass is 10.0. The molecule has 0 saturated heterocycles. The molecular weight excluding hydrogens is 272 g/mol. The van der Waals surface area contributed by atoms with E-state index in [4.69, 9.17) is 16.0 Å². The van der Waals surface area contributed by atoms with Crippen LogP contribution in [0, 0.1) is 0 Å². The maximum atomic E-state index is 11.5. The first-order chi connectivity index (χ1) is 9.75. The molecule has 0 unspecified atom stereocenters. The summed E-state index contributed by atoms with van der Waals surface area (Å²) in [4.78, 5) is 11.5. The fraction of sp³-hybridized carbons (Fsp3) is 0.118. The SMILES string of the molecule is O=C(Cl)c1oc2ccccc2c1CCc1ccccc1. The number of para-hydroxylation sites is 1. The van der Waals surface area contributed by atoms with Crippen molar-refractivity contribution in [1.82, 2.24) is 0 Å². The van der Waals surface area contributed by atoms with Crippen LogP contribution in [0.5, 0.6) is 0 Å². The number of hydrogen-bond acceptors (Lipinski definition) is 2. The van der Waals surface area contributed by atoms with Gasteiger partial charge in [-0.05, 0) is 36.1 Å². The largest absolute Gasteiger partial charge is 0.451 e. The molecule has 0 aliphatic heterocycles. The molecule has 0 atom stereocenters. The van der Waals surface area contributed by atoms with Crippen LogP contribution in [0.1, 0.15) is 21.7 Å². The van der Waals surface area contributed by atoms with E-state index < -0.39 is 5.24 Å². The number of carbonyl (C=O) groups excluding carboxylic acids is 1. The van der Waals surface area contributed by atoms with Gasteiger partial charge in [0.2, 0.25) is 0 Å². The maximum absolute atomic E-state index is 11.5. The molecule has 1 heterocycles. The van der Waals surface area contributed by atoms with Gasteiger partial charge in [-0.3, -0.25) is 4.79 Å². The second kappa shape index (κ2) is 5.51. The van der Waals surface area contributed by atoms with Crippen molar-refractivity contribution < 1.29 is 9.21 Å². The van der Waals surface area contributed by atoms with Crippen molar-refractivity contribution in [3.63, 3.8) is 0 Å². The van der Waals surface area contributed by atoms with Gasteiger partial charge in [0.25, 0.3) is 5.24 Å². The van der Waals surface area contributed by atoms with Crippen molar-refractivity contribution in [1.29, 1.82) is 0 Å². The third-order valence-electron chi connectivity index (χ3n) is 3.38. The Bertz CT molecular complexity index is 744. The van der Waals surface area contributed by atoms with Gasteiger partial charge in [-0.25, -0.2) is 0 Å². The highest BCUT2D eigenvalue weighted by Crippen LogP contribution is 2.28. The molecule has 3 aromatic rings. The highest BCUT2D eigenvalue weighted by Gasteiger charge is 2.18. The maximum Gasteiger partial charge on any atom is 0.288 e. The first-order valence-corrected chi connectivity index (χ1v) is 6.87. The number of carbonyl (C=O) groups is 1. The summed E-state index contributed by atoms with van der Waals surface area (Å²) in [6.45, 7) is 0. The number of benzene rings is 2. The van der Waals surface area contributed by atoms with E-state index in [1.54, 1.807) is 0 Å². The quantitative estimate of drug-likeness (QED) is 0.656. The van der Waals surface area contributed by atoms with Gasteiger partial charge >= 0.3 is 0 Å². The highest BCUT2D eigenvalue weighted by atomic mass is 35.5. The number of hydrogen-bond donors (Lipinski definition) is 0. The summed E-state index contributed by atoms with van der Waals surface area (Å²) in [5, 5.41) is 0.427. The van der Waals surface area contributed by atoms with Gasteiger partial charge in [0.1, 0.15) is 5.58 Å². The van der Waals surface area contributed by atoms with Crippen molar-refractivity contribution in [2.24, 2.45) is 0 Å². The lowest BCUT2D eigenvalue weighted by Crippen LogP contribution is -1.96. The summed E-state index contributed by atoms with van der Waals surface area (Å²) in [6.07, 6.45) is 1.58. The van der Waals surface area contributed by atoms with E-state index in [1.165, 1.54) is 5.56 Å². The van der Waals surface area contributed by atoms with Crippen LogP contribution in [0.3, 0.4) is 0 Å². The van der Waals surface area contributed by atoms with Crippen molar-refractivity contribution in [2.75, 3.05) is 0 Å². The van der Waals surface area contributed by atoms with Gasteiger partial charge in [0, 0.05) is 10.9 Å². The first kappa shape index (κ1) is 12.9. The molecule has 0 aliphatic carbocycles. The molecule has 100 valence electrons. The average Bonchev–Trinajstić information content (AvgIpc) is 2.85. The lowest BCUT2D eigenvalue weighted by molar-refractivity contribution is 0.105. The number of fused-ring (bicyclic) bond motifs is 1. The molecule has 2 aromatic carbocycles. The Kier molecular flexibility index (Phi) is 3.57. The molecule has 0 fully saturated rings. The van der Waals surface area contributed by atoms with Crippen molar-refractivity contribution >= 4 is 27.8 Å². The molecule has 0 aliphatic rings. The van der Waals surface area contributed by atoms with Gasteiger partial charge < -0.3 is 4.42 Å². The molecule has 0 saturated carbocycles. The van der Waals surface area contributed by atoms with Crippen molar-refractivity contribution in [3.05, 3.63) is 71.5 Å². The van der Waals surface area contributed by atoms with Gasteiger partial charge in [0.05, 0.1) is 0 Å². The Hall–Kier alpha value is -2.06. The van der Waals surface area contributed by atoms with Crippen LogP contribution in [-0.2, 0) is 12.8 Å². The number of furan rings is 1. The van der Waals surface area contributed by atoms with Crippen LogP contribution in [0.15, 0.2) is 59.0 Å². The lowest BCUT2D eigenvalue weighted by Gasteiger charge is -2.01. The van der Waals surface area contributed by atoms with Crippen molar-refractivity contribution in [2.45, 2.75) is 12.8 Å². The van der Waals surface area contributed by atoms with E-state index in [-0.39, 0.29) is 5.76 Å². The normalized spacial score (nSPS) is 10.8. The fourth-order valence-electron chi connectivity index (χ4n) is 2.42. The summed E-state index contributed by atoms with van der Waals surface area (Å²) < 4.78 is 5.57. The zero-order chi connectivity index (χ0) is 13.9. The summed E-state index contributed by atoms with van der Waals surface area (Å²) >= 11 is 5.63. The Morgan fingerprint density at radius 1 is 0.950 bits per heavy atom. The minimum absolute atomic E-state index is 0.267. The van der Waals surface area contributed by atoms with Crippen LogP contribution < -0.4 is 0 Å². The van der Waals surface area contributed by atoms with Gasteiger partial charge in [-0.2, -0.15) is 0 Å². The molecule has 0 bridgehead atoms. The molecule has 3 rings (SSSR count). The number of rotatable bonds is 4. The molecule has 0 N–H and O–H groups in total. The van der Waals surface area contributed by atoms with Crippen LogP contribution in [0.25, 0.3) is 11.0 Å². The van der Waals surface area contributed by atoms with E-state index in [0.717, 1.165) is 23.8 Å². The van der Waals surface area contributed by atoms with Crippen molar-refractivity contribution in [3.8, 4) is 0 Å². The van der Waals surface area contributed by atoms with Crippen LogP contribution in [-0.4, -0.2) is 5.24 Å². The monoisotopic (exact) mass is 284 g/mol. The summed E-state index contributed by atoms with van der Waals surface area (Å²) in [5.74, 6) is 0.267. The predicted molar refractivity (Wildman–Crippen MR) is 80.2 cm³/mol. The first-order valence-electron chi connectivity index (χ1n) is 6.50. The van der Waals surface area contributed by atoms with Gasteiger partial charge in [0.15, 0.2) is 5.76 Å². The van der Waals surface area contributed by atoms with Crippen LogP contribution >= 0.6 is 11.6 Å². The number of halogens is 1. The van der Waals surface area contributed by atoms with E-state index in [0.29, 0.717) is 5.58 Å². The second-order valence-electron chi connectivity index (χ2n) is 4.67. The van der Waals surface area contributed by atoms with Crippen LogP contribution in [0.2, 0.25) is 0 Å². The Labute approximate surface area is 122 Å². The molecule has 0 radical (unpaired) electrons. The summed E-state index contributed by atoms with van der Waals surface area (Å²) in [6, 6.07) is 17.8. The average molecular weight is 285 g/mol. The molecule has 1 aromatic heterocycles. The molecule has 3 heteroatoms. The van der Waals surface area contributed by atoms with E-state index >= 15 is 0 Å². The molecule has 0 spiro atoms. The summed E-state index contributed by atoms with van der Waals surface area (Å²) in [5.41, 5.74) is 2.83. The molecular formula is C17H13ClO2. The standard InChI is InChI=1S/C17H13ClO2/c18-17(19)16-14(11-10-12-6-2-1-3-7-12)13-8-4-5-9-15(13)20-16/h1-9H,10-11H2. The zero-order valence-corrected chi connectivity index (χ0v) is 11.6. The fourth-order valence-corrected chi connectivity index (χ4v) is 2.57. The second-order valence-corrected chi connectivity index (χ2v) is 5.01. The Morgan fingerprint density at radius 3 is 2.40 bits per heavy atom. The van der Waals surface area contributed by atoms with E-state index in [2.05, 4.69) is 12.1 Å². The van der Waals surface area contributed by atoms with Gasteiger partial charge in [-0.1, -0.05) is 48.5 Å². The van der Waals surface area contributed by atoms with E-state index in [1.807, 2.05) is 42.5 Å². The zero-order valence-electron chi connectivity index (χ0n) is 10.8. The minimum Gasteiger partial charge on any atom is -0.451 e. The third-order valence-corrected chi connectivity index (χ3v) is 3.55. The van der Waals surface area contributed by atoms with Gasteiger partial charge in [-0.15, -0.1) is 0 Å².